The predicted molar refractivity (Wildman–Crippen MR) is 89.0 cm³/mol. The molecule has 4 nitrogen and oxygen atoms in total. The lowest BCUT2D eigenvalue weighted by atomic mass is 9.90. The van der Waals surface area contributed by atoms with Gasteiger partial charge in [0.05, 0.1) is 13.5 Å². The third kappa shape index (κ3) is 6.20. The number of rotatable bonds is 7. The van der Waals surface area contributed by atoms with E-state index in [0.717, 1.165) is 6.42 Å². The van der Waals surface area contributed by atoms with Crippen molar-refractivity contribution in [3.8, 4) is 5.75 Å². The molecule has 6 heteroatoms. The van der Waals surface area contributed by atoms with Gasteiger partial charge in [0.1, 0.15) is 0 Å². The van der Waals surface area contributed by atoms with E-state index in [-0.39, 0.29) is 30.5 Å². The van der Waals surface area contributed by atoms with Gasteiger partial charge >= 0.3 is 0 Å². The smallest absolute Gasteiger partial charge is 0.224 e. The van der Waals surface area contributed by atoms with Crippen molar-refractivity contribution in [2.75, 3.05) is 13.7 Å². The Labute approximate surface area is 138 Å². The fourth-order valence-corrected chi connectivity index (χ4v) is 2.47. The molecule has 0 aliphatic heterocycles. The third-order valence-corrected chi connectivity index (χ3v) is 3.33. The van der Waals surface area contributed by atoms with Crippen LogP contribution in [0.1, 0.15) is 32.8 Å². The standard InChI is InChI=1S/C16H25FN2O2.ClH/c1-11(2)9-16(3,10-18)19-15(20)8-12-5-6-14(21-4)13(17)7-12;/h5-7,11H,8-10,18H2,1-4H3,(H,19,20);1H. The van der Waals surface area contributed by atoms with Crippen LogP contribution in [0.25, 0.3) is 0 Å². The van der Waals surface area contributed by atoms with Crippen molar-refractivity contribution >= 4 is 18.3 Å². The number of carbonyl (C=O) groups is 1. The molecular formula is C16H26ClFN2O2. The Hall–Kier alpha value is -1.33. The molecule has 0 heterocycles. The van der Waals surface area contributed by atoms with Gasteiger partial charge in [-0.1, -0.05) is 19.9 Å². The van der Waals surface area contributed by atoms with Crippen LogP contribution < -0.4 is 15.8 Å². The predicted octanol–water partition coefficient (Wildman–Crippen LogP) is 2.68. The molecule has 3 N–H and O–H groups in total. The van der Waals surface area contributed by atoms with Gasteiger partial charge < -0.3 is 15.8 Å². The molecule has 0 aliphatic rings. The summed E-state index contributed by atoms with van der Waals surface area (Å²) >= 11 is 0. The molecule has 0 aromatic heterocycles. The molecule has 22 heavy (non-hydrogen) atoms. The van der Waals surface area contributed by atoms with Crippen LogP contribution in [0.4, 0.5) is 4.39 Å². The first-order valence-corrected chi connectivity index (χ1v) is 7.13. The average molecular weight is 333 g/mol. The average Bonchev–Trinajstić information content (AvgIpc) is 2.37. The first kappa shape index (κ1) is 20.7. The Morgan fingerprint density at radius 1 is 1.45 bits per heavy atom. The van der Waals surface area contributed by atoms with Crippen molar-refractivity contribution < 1.29 is 13.9 Å². The van der Waals surface area contributed by atoms with E-state index < -0.39 is 11.4 Å². The summed E-state index contributed by atoms with van der Waals surface area (Å²) in [4.78, 5) is 12.1. The van der Waals surface area contributed by atoms with E-state index in [2.05, 4.69) is 19.2 Å². The van der Waals surface area contributed by atoms with E-state index in [0.29, 0.717) is 18.0 Å². The lowest BCUT2D eigenvalue weighted by molar-refractivity contribution is -0.122. The molecule has 1 atom stereocenters. The van der Waals surface area contributed by atoms with Crippen LogP contribution in [-0.2, 0) is 11.2 Å². The molecule has 126 valence electrons. The van der Waals surface area contributed by atoms with Crippen LogP contribution in [0, 0.1) is 11.7 Å². The molecule has 1 amide bonds. The molecule has 0 saturated heterocycles. The van der Waals surface area contributed by atoms with Gasteiger partial charge in [0, 0.05) is 12.1 Å². The molecule has 1 unspecified atom stereocenters. The highest BCUT2D eigenvalue weighted by Crippen LogP contribution is 2.19. The summed E-state index contributed by atoms with van der Waals surface area (Å²) in [6.45, 7) is 6.46. The van der Waals surface area contributed by atoms with Gasteiger partial charge in [-0.15, -0.1) is 12.4 Å². The number of ether oxygens (including phenoxy) is 1. The Morgan fingerprint density at radius 2 is 2.09 bits per heavy atom. The quantitative estimate of drug-likeness (QED) is 0.807. The molecule has 0 saturated carbocycles. The molecular weight excluding hydrogens is 307 g/mol. The molecule has 1 rings (SSSR count). The van der Waals surface area contributed by atoms with Crippen LogP contribution in [0.3, 0.4) is 0 Å². The van der Waals surface area contributed by atoms with E-state index in [1.54, 1.807) is 6.07 Å². The lowest BCUT2D eigenvalue weighted by Crippen LogP contribution is -2.52. The number of amides is 1. The SMILES string of the molecule is COc1ccc(CC(=O)NC(C)(CN)CC(C)C)cc1F.Cl. The summed E-state index contributed by atoms with van der Waals surface area (Å²) in [6.07, 6.45) is 0.917. The monoisotopic (exact) mass is 332 g/mol. The summed E-state index contributed by atoms with van der Waals surface area (Å²) in [7, 11) is 1.41. The van der Waals surface area contributed by atoms with E-state index in [4.69, 9.17) is 10.5 Å². The molecule has 0 spiro atoms. The number of nitrogens with two attached hydrogens (primary N) is 1. The Kier molecular flexibility index (Phi) is 8.41. The number of hydrogen-bond donors (Lipinski definition) is 2. The molecule has 0 radical (unpaired) electrons. The van der Waals surface area contributed by atoms with Gasteiger partial charge in [0.15, 0.2) is 11.6 Å². The van der Waals surface area contributed by atoms with E-state index in [9.17, 15) is 9.18 Å². The summed E-state index contributed by atoms with van der Waals surface area (Å²) in [5.41, 5.74) is 5.94. The molecule has 0 fully saturated rings. The summed E-state index contributed by atoms with van der Waals surface area (Å²) < 4.78 is 18.5. The number of benzene rings is 1. The molecule has 1 aromatic rings. The maximum atomic E-state index is 13.6. The zero-order chi connectivity index (χ0) is 16.0. The lowest BCUT2D eigenvalue weighted by Gasteiger charge is -2.31. The second-order valence-electron chi connectivity index (χ2n) is 6.06. The summed E-state index contributed by atoms with van der Waals surface area (Å²) in [5.74, 6) is -0.0252. The van der Waals surface area contributed by atoms with E-state index in [1.165, 1.54) is 19.2 Å². The minimum Gasteiger partial charge on any atom is -0.494 e. The highest BCUT2D eigenvalue weighted by molar-refractivity contribution is 5.85. The fourth-order valence-electron chi connectivity index (χ4n) is 2.47. The first-order chi connectivity index (χ1) is 9.79. The van der Waals surface area contributed by atoms with Crippen LogP contribution in [0.2, 0.25) is 0 Å². The van der Waals surface area contributed by atoms with Gasteiger partial charge in [-0.3, -0.25) is 4.79 Å². The number of hydrogen-bond acceptors (Lipinski definition) is 3. The fraction of sp³-hybridized carbons (Fsp3) is 0.562. The Bertz CT molecular complexity index is 497. The molecule has 0 bridgehead atoms. The number of halogens is 2. The maximum Gasteiger partial charge on any atom is 0.224 e. The van der Waals surface area contributed by atoms with Crippen molar-refractivity contribution in [1.82, 2.24) is 5.32 Å². The normalized spacial score (nSPS) is 13.2. The number of nitrogens with one attached hydrogen (secondary N) is 1. The highest BCUT2D eigenvalue weighted by atomic mass is 35.5. The van der Waals surface area contributed by atoms with Gasteiger partial charge in [-0.2, -0.15) is 0 Å². The minimum atomic E-state index is -0.466. The minimum absolute atomic E-state index is 0. The van der Waals surface area contributed by atoms with Crippen LogP contribution in [-0.4, -0.2) is 25.1 Å². The summed E-state index contributed by atoms with van der Waals surface area (Å²) in [6, 6.07) is 4.53. The van der Waals surface area contributed by atoms with Crippen molar-refractivity contribution in [3.05, 3.63) is 29.6 Å². The largest absolute Gasteiger partial charge is 0.494 e. The van der Waals surface area contributed by atoms with Crippen LogP contribution in [0.15, 0.2) is 18.2 Å². The third-order valence-electron chi connectivity index (χ3n) is 3.33. The van der Waals surface area contributed by atoms with Crippen LogP contribution >= 0.6 is 12.4 Å². The maximum absolute atomic E-state index is 13.6. The zero-order valence-electron chi connectivity index (χ0n) is 13.6. The number of carbonyl (C=O) groups excluding carboxylic acids is 1. The highest BCUT2D eigenvalue weighted by Gasteiger charge is 2.25. The van der Waals surface area contributed by atoms with E-state index >= 15 is 0 Å². The van der Waals surface area contributed by atoms with Crippen molar-refractivity contribution in [2.24, 2.45) is 11.7 Å². The molecule has 0 aliphatic carbocycles. The van der Waals surface area contributed by atoms with E-state index in [1.807, 2.05) is 6.92 Å². The zero-order valence-corrected chi connectivity index (χ0v) is 14.4. The van der Waals surface area contributed by atoms with Crippen molar-refractivity contribution in [2.45, 2.75) is 39.2 Å². The first-order valence-electron chi connectivity index (χ1n) is 7.13. The van der Waals surface area contributed by atoms with Gasteiger partial charge in [-0.05, 0) is 37.0 Å². The van der Waals surface area contributed by atoms with Gasteiger partial charge in [0.2, 0.25) is 5.91 Å². The van der Waals surface area contributed by atoms with Gasteiger partial charge in [0.25, 0.3) is 0 Å². The Morgan fingerprint density at radius 3 is 2.55 bits per heavy atom. The molecule has 1 aromatic carbocycles. The van der Waals surface area contributed by atoms with Crippen LogP contribution in [0.5, 0.6) is 5.75 Å². The topological polar surface area (TPSA) is 64.3 Å². The second kappa shape index (κ2) is 8.96. The summed E-state index contributed by atoms with van der Waals surface area (Å²) in [5, 5.41) is 2.95. The Balaban J connectivity index is 0.00000441. The van der Waals surface area contributed by atoms with Crippen molar-refractivity contribution in [1.29, 1.82) is 0 Å². The van der Waals surface area contributed by atoms with Gasteiger partial charge in [-0.25, -0.2) is 4.39 Å². The number of methoxy groups -OCH3 is 1. The second-order valence-corrected chi connectivity index (χ2v) is 6.06. The van der Waals surface area contributed by atoms with Crippen molar-refractivity contribution in [3.63, 3.8) is 0 Å².